The molecule has 24 nitrogen and oxygen atoms in total. The number of pyridine rings is 3. The van der Waals surface area contributed by atoms with E-state index in [2.05, 4.69) is 125 Å². The van der Waals surface area contributed by atoms with Crippen molar-refractivity contribution >= 4 is 45.6 Å². The average molecular weight is 1310 g/mol. The normalized spacial score (nSPS) is 13.1. The molecule has 0 bridgehead atoms. The maximum absolute atomic E-state index is 13.4. The summed E-state index contributed by atoms with van der Waals surface area (Å²) in [7, 11) is 1.65. The van der Waals surface area contributed by atoms with Crippen molar-refractivity contribution in [1.29, 1.82) is 0 Å². The smallest absolute Gasteiger partial charge is 0.271 e. The van der Waals surface area contributed by atoms with Gasteiger partial charge in [-0.05, 0) is 143 Å². The Morgan fingerprint density at radius 1 is 0.408 bits per heavy atom. The van der Waals surface area contributed by atoms with E-state index in [1.807, 2.05) is 131 Å². The van der Waals surface area contributed by atoms with Gasteiger partial charge in [-0.3, -0.25) is 14.4 Å². The third-order valence-corrected chi connectivity index (χ3v) is 18.4. The number of hydrogen-bond acceptors (Lipinski definition) is 18. The van der Waals surface area contributed by atoms with Gasteiger partial charge in [-0.1, -0.05) is 76.4 Å². The van der Waals surface area contributed by atoms with Crippen molar-refractivity contribution in [2.45, 2.75) is 114 Å². The summed E-state index contributed by atoms with van der Waals surface area (Å²) in [4.78, 5) is 48.2. The Hall–Kier alpha value is -11.4. The van der Waals surface area contributed by atoms with Gasteiger partial charge in [-0.2, -0.15) is 0 Å². The zero-order valence-electron chi connectivity index (χ0n) is 56.7. The number of carbonyl (C=O) groups excluding carboxylic acids is 3. The van der Waals surface area contributed by atoms with E-state index in [4.69, 9.17) is 10.5 Å². The molecule has 2 N–H and O–H groups in total. The fourth-order valence-electron chi connectivity index (χ4n) is 13.3. The van der Waals surface area contributed by atoms with Crippen LogP contribution in [0, 0.1) is 20.8 Å². The molecule has 0 atom stereocenters. The molecule has 98 heavy (non-hydrogen) atoms. The quantitative estimate of drug-likeness (QED) is 0.0737. The number of benzene rings is 3. The molecule has 0 aliphatic carbocycles. The van der Waals surface area contributed by atoms with E-state index in [-0.39, 0.29) is 17.7 Å². The van der Waals surface area contributed by atoms with Gasteiger partial charge < -0.3 is 43.3 Å². The standard InChI is InChI=1S/C27H31N7O.C24H24N6O2.C23H23N7O/c1-5-8-14-33-17-22-24(19-9-11-21(12-10-19)32(6-2)7-3)23-16-20(26-30-28-18(4)29-31-26)13-15-34(23)25(22)27(33)35;1-4-5-11-29-14-19-21(16-6-8-18(32-3)9-7-16)20-13-17(23-27-25-15(2)26-28-23)10-12-30(20)22(19)24(29)31;1-3-4-10-29-13-18-20(15-5-7-17(24)8-6-15)19-12-16(22-27-25-14(2)26-28-22)9-11-30(19)21(18)23(29)31/h9-13,15-16H,5-8,14,17H2,1-4H3;6-10,12-13H,4-5,11,14H2,1-3H3;5-9,11-12H,3-4,10,13,24H2,1-2H3. The van der Waals surface area contributed by atoms with Crippen molar-refractivity contribution in [2.24, 2.45) is 0 Å². The molecule has 0 fully saturated rings. The molecule has 0 unspecified atom stereocenters. The number of nitrogens with two attached hydrogens (primary N) is 1. The van der Waals surface area contributed by atoms with Crippen molar-refractivity contribution in [2.75, 3.05) is 50.5 Å². The van der Waals surface area contributed by atoms with Gasteiger partial charge in [-0.25, -0.2) is 0 Å². The van der Waals surface area contributed by atoms with Crippen LogP contribution in [0.1, 0.15) is 139 Å². The number of aromatic nitrogens is 15. The lowest BCUT2D eigenvalue weighted by atomic mass is 10.0. The number of nitrogen functional groups attached to an aromatic ring is 1. The number of anilines is 2. The Labute approximate surface area is 567 Å². The molecule has 3 amide bonds. The molecule has 15 rings (SSSR count). The molecule has 12 aromatic rings. The minimum atomic E-state index is 0.0721. The molecule has 3 aliphatic heterocycles. The highest BCUT2D eigenvalue weighted by atomic mass is 16.5. The van der Waals surface area contributed by atoms with Gasteiger partial charge in [0.1, 0.15) is 22.8 Å². The highest BCUT2D eigenvalue weighted by Gasteiger charge is 2.38. The first-order valence-corrected chi connectivity index (χ1v) is 33.6. The van der Waals surface area contributed by atoms with Gasteiger partial charge in [-0.15, -0.1) is 61.2 Å². The van der Waals surface area contributed by atoms with Gasteiger partial charge in [0, 0.05) is 132 Å². The first-order valence-electron chi connectivity index (χ1n) is 33.6. The molecular formula is C74H78N20O4. The number of nitrogens with zero attached hydrogens (tertiary/aromatic N) is 19. The van der Waals surface area contributed by atoms with E-state index in [0.717, 1.165) is 177 Å². The van der Waals surface area contributed by atoms with Crippen LogP contribution in [0.3, 0.4) is 0 Å². The van der Waals surface area contributed by atoms with Gasteiger partial charge >= 0.3 is 0 Å². The van der Waals surface area contributed by atoms with Crippen LogP contribution in [0.5, 0.6) is 5.75 Å². The minimum Gasteiger partial charge on any atom is -0.497 e. The third kappa shape index (κ3) is 12.5. The molecule has 24 heteroatoms. The Kier molecular flexibility index (Phi) is 18.7. The SMILES string of the molecule is CCCCN1Cc2c(-c3ccc(N(CC)CC)cc3)c3cc(-c4nnc(C)nn4)ccn3c2C1=O.CCCCN1Cc2c(-c3ccc(N)cc3)c3cc(-c4nnc(C)nn4)ccn3c2C1=O.CCCCN1Cc2c(-c3ccc(OC)cc3)c3cc(-c4nnc(C)nn4)ccn3c2C1=O. The first kappa shape index (κ1) is 65.2. The van der Waals surface area contributed by atoms with E-state index < -0.39 is 0 Å². The van der Waals surface area contributed by atoms with Crippen LogP contribution in [0.4, 0.5) is 11.4 Å². The lowest BCUT2D eigenvalue weighted by molar-refractivity contribution is 0.0763. The Bertz CT molecular complexity index is 4910. The van der Waals surface area contributed by atoms with Gasteiger partial charge in [0.15, 0.2) is 17.5 Å². The molecular weight excluding hydrogens is 1230 g/mol. The highest BCUT2D eigenvalue weighted by Crippen LogP contribution is 2.44. The van der Waals surface area contributed by atoms with Crippen LogP contribution in [0.25, 0.3) is 84.1 Å². The maximum atomic E-state index is 13.4. The van der Waals surface area contributed by atoms with E-state index >= 15 is 0 Å². The second-order valence-electron chi connectivity index (χ2n) is 24.7. The summed E-state index contributed by atoms with van der Waals surface area (Å²) in [5.41, 5.74) is 24.8. The number of carbonyl (C=O) groups is 3. The first-order chi connectivity index (χ1) is 47.7. The van der Waals surface area contributed by atoms with Crippen molar-refractivity contribution in [1.82, 2.24) is 89.1 Å². The molecule has 498 valence electrons. The van der Waals surface area contributed by atoms with Gasteiger partial charge in [0.25, 0.3) is 17.7 Å². The zero-order valence-corrected chi connectivity index (χ0v) is 56.7. The second-order valence-corrected chi connectivity index (χ2v) is 24.7. The van der Waals surface area contributed by atoms with E-state index in [1.165, 1.54) is 5.69 Å². The summed E-state index contributed by atoms with van der Waals surface area (Å²) in [6, 6.07) is 36.2. The van der Waals surface area contributed by atoms with Crippen LogP contribution in [-0.4, -0.2) is 147 Å². The summed E-state index contributed by atoms with van der Waals surface area (Å²) in [6.07, 6.45) is 11.9. The topological polar surface area (TPSA) is 267 Å². The fraction of sp³-hybridized carbons (Fsp3) is 0.311. The van der Waals surface area contributed by atoms with E-state index in [0.29, 0.717) is 60.3 Å². The lowest BCUT2D eigenvalue weighted by Crippen LogP contribution is -2.26. The number of unbranched alkanes of at least 4 members (excludes halogenated alkanes) is 3. The summed E-state index contributed by atoms with van der Waals surface area (Å²) in [5, 5.41) is 49.4. The predicted octanol–water partition coefficient (Wildman–Crippen LogP) is 12.2. The molecule has 0 radical (unpaired) electrons. The Morgan fingerprint density at radius 2 is 0.714 bits per heavy atom. The maximum Gasteiger partial charge on any atom is 0.271 e. The van der Waals surface area contributed by atoms with Gasteiger partial charge in [0.05, 0.1) is 23.7 Å². The number of amides is 3. The molecule has 3 aromatic carbocycles. The van der Waals surface area contributed by atoms with E-state index in [1.54, 1.807) is 27.9 Å². The molecule has 9 aromatic heterocycles. The number of hydrogen-bond donors (Lipinski definition) is 1. The molecule has 0 saturated heterocycles. The molecule has 12 heterocycles. The van der Waals surface area contributed by atoms with Crippen LogP contribution < -0.4 is 15.4 Å². The summed E-state index contributed by atoms with van der Waals surface area (Å²) in [6.45, 7) is 22.1. The van der Waals surface area contributed by atoms with Crippen molar-refractivity contribution in [3.8, 4) is 73.3 Å². The van der Waals surface area contributed by atoms with Crippen LogP contribution >= 0.6 is 0 Å². The fourth-order valence-corrected chi connectivity index (χ4v) is 13.3. The Morgan fingerprint density at radius 3 is 1.01 bits per heavy atom. The number of methoxy groups -OCH3 is 1. The average Bonchev–Trinajstić information content (AvgIpc) is 1.59. The van der Waals surface area contributed by atoms with Crippen molar-refractivity contribution in [3.63, 3.8) is 0 Å². The monoisotopic (exact) mass is 1310 g/mol. The molecule has 3 aliphatic rings. The highest BCUT2D eigenvalue weighted by molar-refractivity contribution is 6.06. The summed E-state index contributed by atoms with van der Waals surface area (Å²) >= 11 is 0. The van der Waals surface area contributed by atoms with Crippen LogP contribution in [-0.2, 0) is 19.6 Å². The summed E-state index contributed by atoms with van der Waals surface area (Å²) < 4.78 is 11.3. The molecule has 0 saturated carbocycles. The van der Waals surface area contributed by atoms with Crippen molar-refractivity contribution < 1.29 is 19.1 Å². The third-order valence-electron chi connectivity index (χ3n) is 18.4. The second kappa shape index (κ2) is 28.1. The largest absolute Gasteiger partial charge is 0.497 e. The summed E-state index contributed by atoms with van der Waals surface area (Å²) in [5.74, 6) is 3.98. The van der Waals surface area contributed by atoms with Gasteiger partial charge in [0.2, 0.25) is 17.5 Å². The van der Waals surface area contributed by atoms with Crippen LogP contribution in [0.2, 0.25) is 0 Å². The van der Waals surface area contributed by atoms with Crippen LogP contribution in [0.15, 0.2) is 128 Å². The predicted molar refractivity (Wildman–Crippen MR) is 376 cm³/mol. The zero-order chi connectivity index (χ0) is 68.3. The number of rotatable bonds is 19. The van der Waals surface area contributed by atoms with Crippen molar-refractivity contribution in [3.05, 3.63) is 179 Å². The minimum absolute atomic E-state index is 0.0721. The Balaban J connectivity index is 0.000000133. The number of ether oxygens (including phenoxy) is 1. The molecule has 0 spiro atoms. The van der Waals surface area contributed by atoms with E-state index in [9.17, 15) is 14.4 Å². The number of fused-ring (bicyclic) bond motifs is 9. The lowest BCUT2D eigenvalue weighted by Gasteiger charge is -2.21. The number of aryl methyl sites for hydroxylation is 3.